The zero-order valence-electron chi connectivity index (χ0n) is 14.6. The van der Waals surface area contributed by atoms with Crippen molar-refractivity contribution in [1.29, 1.82) is 0 Å². The first-order valence-electron chi connectivity index (χ1n) is 8.40. The van der Waals surface area contributed by atoms with Crippen molar-refractivity contribution in [2.45, 2.75) is 38.3 Å². The Hall–Kier alpha value is -2.90. The number of methoxy groups -OCH3 is 1. The number of carbonyl (C=O) groups is 4. The molecule has 8 heteroatoms. The zero-order valence-corrected chi connectivity index (χ0v) is 14.6. The van der Waals surface area contributed by atoms with Gasteiger partial charge >= 0.3 is 12.1 Å². The van der Waals surface area contributed by atoms with Crippen molar-refractivity contribution in [1.82, 2.24) is 10.0 Å². The third-order valence-electron chi connectivity index (χ3n) is 4.03. The van der Waals surface area contributed by atoms with Crippen LogP contribution < -0.4 is 0 Å². The highest BCUT2D eigenvalue weighted by Gasteiger charge is 2.43. The van der Waals surface area contributed by atoms with Gasteiger partial charge in [-0.25, -0.2) is 19.6 Å². The molecule has 140 valence electrons. The van der Waals surface area contributed by atoms with E-state index in [2.05, 4.69) is 0 Å². The van der Waals surface area contributed by atoms with E-state index in [0.717, 1.165) is 21.9 Å². The molecule has 1 fully saturated rings. The number of hydrazine groups is 1. The molecule has 1 aromatic rings. The van der Waals surface area contributed by atoms with Crippen molar-refractivity contribution in [2.75, 3.05) is 13.7 Å². The first kappa shape index (κ1) is 19.4. The second-order valence-corrected chi connectivity index (χ2v) is 5.79. The van der Waals surface area contributed by atoms with Crippen LogP contribution in [-0.4, -0.2) is 54.0 Å². The van der Waals surface area contributed by atoms with E-state index in [1.165, 1.54) is 7.11 Å². The summed E-state index contributed by atoms with van der Waals surface area (Å²) in [6, 6.07) is 8.28. The molecule has 1 heterocycles. The summed E-state index contributed by atoms with van der Waals surface area (Å²) in [6.45, 7) is 0.235. The van der Waals surface area contributed by atoms with Gasteiger partial charge in [0.05, 0.1) is 7.11 Å². The molecule has 1 aromatic carbocycles. The number of benzene rings is 1. The van der Waals surface area contributed by atoms with Gasteiger partial charge in [-0.05, 0) is 12.0 Å². The Bertz CT molecular complexity index is 648. The molecule has 2 rings (SSSR count). The molecule has 1 aliphatic rings. The van der Waals surface area contributed by atoms with Gasteiger partial charge in [-0.1, -0.05) is 30.3 Å². The number of amides is 2. The largest absolute Gasteiger partial charge is 0.467 e. The number of esters is 1. The number of rotatable bonds is 7. The standard InChI is InChI=1S/C18H22N2O6/c1-25-17(23)15-10-11-19(20(15)16(22)9-5-6-12-21)18(24)26-13-14-7-3-2-4-8-14/h2-4,7-8,12,15H,5-6,9-11,13H2,1H3/t15-/m0/s1. The third-order valence-corrected chi connectivity index (χ3v) is 4.03. The fourth-order valence-corrected chi connectivity index (χ4v) is 2.73. The van der Waals surface area contributed by atoms with Gasteiger partial charge in [0.2, 0.25) is 5.91 Å². The molecule has 0 aliphatic carbocycles. The third kappa shape index (κ3) is 4.81. The molecule has 2 amide bonds. The Morgan fingerprint density at radius 2 is 1.96 bits per heavy atom. The predicted octanol–water partition coefficient (Wildman–Crippen LogP) is 1.68. The molecule has 1 aliphatic heterocycles. The molecule has 0 bridgehead atoms. The Balaban J connectivity index is 2.05. The lowest BCUT2D eigenvalue weighted by Gasteiger charge is -2.30. The van der Waals surface area contributed by atoms with E-state index in [1.807, 2.05) is 30.3 Å². The molecule has 0 saturated carbocycles. The normalized spacial score (nSPS) is 16.3. The van der Waals surface area contributed by atoms with Crippen LogP contribution in [0.1, 0.15) is 31.2 Å². The van der Waals surface area contributed by atoms with Crippen molar-refractivity contribution in [3.63, 3.8) is 0 Å². The minimum Gasteiger partial charge on any atom is -0.467 e. The average molecular weight is 362 g/mol. The lowest BCUT2D eigenvalue weighted by molar-refractivity contribution is -0.160. The summed E-state index contributed by atoms with van der Waals surface area (Å²) in [5, 5.41) is 2.23. The monoisotopic (exact) mass is 362 g/mol. The Kier molecular flexibility index (Phi) is 7.13. The molecule has 0 radical (unpaired) electrons. The van der Waals surface area contributed by atoms with Gasteiger partial charge in [0.15, 0.2) is 6.04 Å². The highest BCUT2D eigenvalue weighted by molar-refractivity contribution is 5.87. The first-order valence-corrected chi connectivity index (χ1v) is 8.40. The van der Waals surface area contributed by atoms with Crippen LogP contribution in [0.2, 0.25) is 0 Å². The maximum Gasteiger partial charge on any atom is 0.429 e. The van der Waals surface area contributed by atoms with Crippen molar-refractivity contribution in [3.8, 4) is 0 Å². The Morgan fingerprint density at radius 1 is 1.23 bits per heavy atom. The van der Waals surface area contributed by atoms with Crippen LogP contribution >= 0.6 is 0 Å². The maximum absolute atomic E-state index is 12.5. The van der Waals surface area contributed by atoms with Crippen LogP contribution in [0.4, 0.5) is 4.79 Å². The quantitative estimate of drug-likeness (QED) is 0.416. The smallest absolute Gasteiger partial charge is 0.429 e. The lowest BCUT2D eigenvalue weighted by atomic mass is 10.2. The number of unbranched alkanes of at least 4 members (excludes halogenated alkanes) is 1. The molecule has 1 atom stereocenters. The first-order chi connectivity index (χ1) is 12.6. The van der Waals surface area contributed by atoms with Crippen molar-refractivity contribution >= 4 is 24.3 Å². The van der Waals surface area contributed by atoms with E-state index in [-0.39, 0.29) is 32.4 Å². The number of aldehydes is 1. The van der Waals surface area contributed by atoms with Crippen molar-refractivity contribution < 1.29 is 28.7 Å². The number of carbonyl (C=O) groups excluding carboxylic acids is 4. The van der Waals surface area contributed by atoms with Crippen LogP contribution in [0.15, 0.2) is 30.3 Å². The van der Waals surface area contributed by atoms with Crippen LogP contribution in [0.3, 0.4) is 0 Å². The molecule has 0 aromatic heterocycles. The second-order valence-electron chi connectivity index (χ2n) is 5.79. The molecule has 0 spiro atoms. The van der Waals surface area contributed by atoms with Crippen LogP contribution in [0.5, 0.6) is 0 Å². The number of nitrogens with zero attached hydrogens (tertiary/aromatic N) is 2. The topological polar surface area (TPSA) is 93.2 Å². The summed E-state index contributed by atoms with van der Waals surface area (Å²) in [7, 11) is 1.23. The van der Waals surface area contributed by atoms with E-state index in [0.29, 0.717) is 6.42 Å². The highest BCUT2D eigenvalue weighted by atomic mass is 16.6. The van der Waals surface area contributed by atoms with Gasteiger partial charge < -0.3 is 14.3 Å². The highest BCUT2D eigenvalue weighted by Crippen LogP contribution is 2.23. The van der Waals surface area contributed by atoms with Gasteiger partial charge in [-0.15, -0.1) is 0 Å². The Labute approximate surface area is 151 Å². The fourth-order valence-electron chi connectivity index (χ4n) is 2.73. The number of ether oxygens (including phenoxy) is 2. The van der Waals surface area contributed by atoms with Crippen molar-refractivity contribution in [3.05, 3.63) is 35.9 Å². The number of hydrogen-bond acceptors (Lipinski definition) is 6. The lowest BCUT2D eigenvalue weighted by Crippen LogP contribution is -2.51. The van der Waals surface area contributed by atoms with Crippen LogP contribution in [-0.2, 0) is 30.5 Å². The summed E-state index contributed by atoms with van der Waals surface area (Å²) in [6.07, 6.45) is 0.923. The molecule has 8 nitrogen and oxygen atoms in total. The molecule has 0 unspecified atom stereocenters. The zero-order chi connectivity index (χ0) is 18.9. The minimum absolute atomic E-state index is 0.0503. The van der Waals surface area contributed by atoms with E-state index in [4.69, 9.17) is 9.47 Å². The molecule has 26 heavy (non-hydrogen) atoms. The predicted molar refractivity (Wildman–Crippen MR) is 90.5 cm³/mol. The SMILES string of the molecule is COC(=O)[C@@H]1CCN(C(=O)OCc2ccccc2)N1C(=O)CCCC=O. The Morgan fingerprint density at radius 3 is 2.62 bits per heavy atom. The second kappa shape index (κ2) is 9.55. The van der Waals surface area contributed by atoms with Crippen LogP contribution in [0, 0.1) is 0 Å². The van der Waals surface area contributed by atoms with Gasteiger partial charge in [-0.3, -0.25) is 4.79 Å². The van der Waals surface area contributed by atoms with Gasteiger partial charge in [0, 0.05) is 25.8 Å². The van der Waals surface area contributed by atoms with E-state index < -0.39 is 24.0 Å². The molecule has 0 N–H and O–H groups in total. The average Bonchev–Trinajstić information content (AvgIpc) is 3.11. The van der Waals surface area contributed by atoms with Crippen LogP contribution in [0.25, 0.3) is 0 Å². The van der Waals surface area contributed by atoms with Gasteiger partial charge in [-0.2, -0.15) is 0 Å². The van der Waals surface area contributed by atoms with Crippen molar-refractivity contribution in [2.24, 2.45) is 0 Å². The fraction of sp³-hybridized carbons (Fsp3) is 0.444. The van der Waals surface area contributed by atoms with Gasteiger partial charge in [0.1, 0.15) is 12.9 Å². The maximum atomic E-state index is 12.5. The van der Waals surface area contributed by atoms with E-state index in [1.54, 1.807) is 0 Å². The summed E-state index contributed by atoms with van der Waals surface area (Å²) in [5.41, 5.74) is 0.813. The minimum atomic E-state index is -0.868. The summed E-state index contributed by atoms with van der Waals surface area (Å²) in [4.78, 5) is 47.3. The molecule has 1 saturated heterocycles. The van der Waals surface area contributed by atoms with E-state index >= 15 is 0 Å². The van der Waals surface area contributed by atoms with Gasteiger partial charge in [0.25, 0.3) is 0 Å². The summed E-state index contributed by atoms with van der Waals surface area (Å²) >= 11 is 0. The summed E-state index contributed by atoms with van der Waals surface area (Å²) in [5.74, 6) is -1.01. The summed E-state index contributed by atoms with van der Waals surface area (Å²) < 4.78 is 9.99. The number of hydrogen-bond donors (Lipinski definition) is 0. The molecular formula is C18H22N2O6. The van der Waals surface area contributed by atoms with E-state index in [9.17, 15) is 19.2 Å². The molecular weight excluding hydrogens is 340 g/mol.